The number of rotatable bonds is 6. The Kier molecular flexibility index (Phi) is 5.88. The van der Waals surface area contributed by atoms with Gasteiger partial charge in [0.2, 0.25) is 0 Å². The Balaban J connectivity index is 1.50. The van der Waals surface area contributed by atoms with Crippen molar-refractivity contribution < 1.29 is 9.90 Å². The van der Waals surface area contributed by atoms with Crippen LogP contribution in [-0.4, -0.2) is 17.5 Å². The van der Waals surface area contributed by atoms with Gasteiger partial charge in [0.15, 0.2) is 5.78 Å². The summed E-state index contributed by atoms with van der Waals surface area (Å²) in [5.74, 6) is 3.86. The van der Waals surface area contributed by atoms with Gasteiger partial charge in [-0.15, -0.1) is 0 Å². The van der Waals surface area contributed by atoms with Gasteiger partial charge in [-0.1, -0.05) is 57.8 Å². The van der Waals surface area contributed by atoms with E-state index in [0.29, 0.717) is 29.6 Å². The lowest BCUT2D eigenvalue weighted by molar-refractivity contribution is -0.116. The van der Waals surface area contributed by atoms with Crippen molar-refractivity contribution >= 4 is 5.78 Å². The van der Waals surface area contributed by atoms with E-state index in [1.54, 1.807) is 5.57 Å². The van der Waals surface area contributed by atoms with E-state index in [2.05, 4.69) is 33.8 Å². The van der Waals surface area contributed by atoms with E-state index < -0.39 is 0 Å². The first-order valence-electron chi connectivity index (χ1n) is 12.3. The van der Waals surface area contributed by atoms with Crippen LogP contribution < -0.4 is 0 Å². The SMILES string of the molecule is CC(CCC[C@H](C)CO)[C@H]1CCC2C3=CCC4=CC(=O)CC[C@]4(C)C3CC[C@@]21C. The molecule has 0 saturated heterocycles. The molecule has 7 atom stereocenters. The molecular weight excluding hydrogens is 356 g/mol. The van der Waals surface area contributed by atoms with Crippen molar-refractivity contribution in [2.24, 2.45) is 40.4 Å². The molecule has 0 radical (unpaired) electrons. The molecule has 0 aromatic heterocycles. The lowest BCUT2D eigenvalue weighted by Gasteiger charge is -2.55. The molecule has 0 aliphatic heterocycles. The van der Waals surface area contributed by atoms with Crippen LogP contribution in [0.25, 0.3) is 0 Å². The lowest BCUT2D eigenvalue weighted by atomic mass is 9.50. The highest BCUT2D eigenvalue weighted by Crippen LogP contribution is 2.66. The van der Waals surface area contributed by atoms with Crippen molar-refractivity contribution in [2.45, 2.75) is 91.9 Å². The average Bonchev–Trinajstić information content (AvgIpc) is 3.05. The molecule has 2 saturated carbocycles. The molecule has 1 N–H and O–H groups in total. The minimum Gasteiger partial charge on any atom is -0.396 e. The van der Waals surface area contributed by atoms with Crippen molar-refractivity contribution in [3.63, 3.8) is 0 Å². The van der Waals surface area contributed by atoms with E-state index in [0.717, 1.165) is 43.4 Å². The van der Waals surface area contributed by atoms with Crippen molar-refractivity contribution in [3.05, 3.63) is 23.3 Å². The van der Waals surface area contributed by atoms with Gasteiger partial charge in [0, 0.05) is 13.0 Å². The van der Waals surface area contributed by atoms with Crippen molar-refractivity contribution in [2.75, 3.05) is 6.61 Å². The number of carbonyl (C=O) groups excluding carboxylic acids is 1. The maximum Gasteiger partial charge on any atom is 0.155 e. The van der Waals surface area contributed by atoms with Crippen LogP contribution in [0, 0.1) is 40.4 Å². The topological polar surface area (TPSA) is 37.3 Å². The molecule has 162 valence electrons. The summed E-state index contributed by atoms with van der Waals surface area (Å²) in [4.78, 5) is 12.0. The summed E-state index contributed by atoms with van der Waals surface area (Å²) in [6.45, 7) is 10.1. The minimum atomic E-state index is 0.240. The first-order chi connectivity index (χ1) is 13.8. The number of hydrogen-bond donors (Lipinski definition) is 1. The van der Waals surface area contributed by atoms with E-state index in [1.165, 1.54) is 44.1 Å². The molecule has 0 heterocycles. The zero-order valence-corrected chi connectivity index (χ0v) is 19.2. The van der Waals surface area contributed by atoms with Gasteiger partial charge in [-0.3, -0.25) is 4.79 Å². The molecule has 4 rings (SSSR count). The normalized spacial score (nSPS) is 41.0. The molecule has 4 aliphatic carbocycles. The Morgan fingerprint density at radius 2 is 1.90 bits per heavy atom. The molecule has 4 aliphatic rings. The first kappa shape index (κ1) is 21.3. The van der Waals surface area contributed by atoms with Crippen molar-refractivity contribution in [1.82, 2.24) is 0 Å². The Morgan fingerprint density at radius 1 is 1.10 bits per heavy atom. The van der Waals surface area contributed by atoms with Crippen LogP contribution in [0.1, 0.15) is 91.9 Å². The van der Waals surface area contributed by atoms with Crippen LogP contribution in [-0.2, 0) is 4.79 Å². The molecule has 0 spiro atoms. The molecule has 0 bridgehead atoms. The van der Waals surface area contributed by atoms with Gasteiger partial charge in [0.1, 0.15) is 0 Å². The predicted octanol–water partition coefficient (Wildman–Crippen LogP) is 6.49. The van der Waals surface area contributed by atoms with Crippen LogP contribution in [0.4, 0.5) is 0 Å². The number of fused-ring (bicyclic) bond motifs is 5. The second-order valence-corrected chi connectivity index (χ2v) is 11.5. The summed E-state index contributed by atoms with van der Waals surface area (Å²) >= 11 is 0. The molecule has 0 aromatic rings. The van der Waals surface area contributed by atoms with Crippen LogP contribution in [0.5, 0.6) is 0 Å². The molecular formula is C27H42O2. The molecule has 29 heavy (non-hydrogen) atoms. The minimum absolute atomic E-state index is 0.240. The van der Waals surface area contributed by atoms with Gasteiger partial charge in [-0.2, -0.15) is 0 Å². The summed E-state index contributed by atoms with van der Waals surface area (Å²) in [6.07, 6.45) is 16.5. The standard InChI is InChI=1S/C27H42O2/c1-18(17-28)6-5-7-19(2)23-10-11-24-22-9-8-20-16-21(29)12-14-26(20,3)25(22)13-15-27(23,24)4/h9,16,18-19,23-25,28H,5-8,10-15,17H2,1-4H3/t18-,19?,23+,24?,25?,26-,27+/m0/s1. The Morgan fingerprint density at radius 3 is 2.66 bits per heavy atom. The number of aliphatic hydroxyl groups is 1. The van der Waals surface area contributed by atoms with E-state index in [9.17, 15) is 9.90 Å². The highest BCUT2D eigenvalue weighted by Gasteiger charge is 2.56. The number of hydrogen-bond acceptors (Lipinski definition) is 2. The van der Waals surface area contributed by atoms with E-state index in [-0.39, 0.29) is 5.41 Å². The fraction of sp³-hybridized carbons (Fsp3) is 0.815. The Labute approximate surface area is 178 Å². The van der Waals surface area contributed by atoms with Gasteiger partial charge in [0.25, 0.3) is 0 Å². The molecule has 2 nitrogen and oxygen atoms in total. The number of ketones is 1. The monoisotopic (exact) mass is 398 g/mol. The Bertz CT molecular complexity index is 703. The number of aliphatic hydroxyl groups excluding tert-OH is 1. The van der Waals surface area contributed by atoms with Gasteiger partial charge in [0.05, 0.1) is 0 Å². The third-order valence-electron chi connectivity index (χ3n) is 9.83. The molecule has 0 aromatic carbocycles. The largest absolute Gasteiger partial charge is 0.396 e. The molecule has 0 amide bonds. The van der Waals surface area contributed by atoms with Crippen LogP contribution in [0.3, 0.4) is 0 Å². The van der Waals surface area contributed by atoms with Gasteiger partial charge in [-0.25, -0.2) is 0 Å². The maximum atomic E-state index is 12.0. The summed E-state index contributed by atoms with van der Waals surface area (Å²) in [5.41, 5.74) is 3.90. The number of allylic oxidation sites excluding steroid dienone is 4. The van der Waals surface area contributed by atoms with Crippen LogP contribution in [0.2, 0.25) is 0 Å². The number of carbonyl (C=O) groups is 1. The van der Waals surface area contributed by atoms with Crippen LogP contribution in [0.15, 0.2) is 23.3 Å². The van der Waals surface area contributed by atoms with Crippen molar-refractivity contribution in [1.29, 1.82) is 0 Å². The van der Waals surface area contributed by atoms with Gasteiger partial charge in [-0.05, 0) is 91.4 Å². The highest BCUT2D eigenvalue weighted by atomic mass is 16.3. The van der Waals surface area contributed by atoms with E-state index >= 15 is 0 Å². The fourth-order valence-corrected chi connectivity index (χ4v) is 7.91. The second-order valence-electron chi connectivity index (χ2n) is 11.5. The Hall–Kier alpha value is -0.890. The summed E-state index contributed by atoms with van der Waals surface area (Å²) in [7, 11) is 0. The summed E-state index contributed by atoms with van der Waals surface area (Å²) in [6, 6.07) is 0. The smallest absolute Gasteiger partial charge is 0.155 e. The van der Waals surface area contributed by atoms with E-state index in [1.807, 2.05) is 6.08 Å². The third kappa shape index (κ3) is 3.58. The maximum absolute atomic E-state index is 12.0. The molecule has 3 unspecified atom stereocenters. The van der Waals surface area contributed by atoms with Gasteiger partial charge >= 0.3 is 0 Å². The molecule has 2 fully saturated rings. The summed E-state index contributed by atoms with van der Waals surface area (Å²) < 4.78 is 0. The second kappa shape index (κ2) is 7.98. The third-order valence-corrected chi connectivity index (χ3v) is 9.83. The quantitative estimate of drug-likeness (QED) is 0.519. The average molecular weight is 399 g/mol. The van der Waals surface area contributed by atoms with Crippen LogP contribution >= 0.6 is 0 Å². The predicted molar refractivity (Wildman–Crippen MR) is 119 cm³/mol. The zero-order chi connectivity index (χ0) is 20.8. The highest BCUT2D eigenvalue weighted by molar-refractivity contribution is 5.91. The van der Waals surface area contributed by atoms with Gasteiger partial charge < -0.3 is 5.11 Å². The lowest BCUT2D eigenvalue weighted by Crippen LogP contribution is -2.46. The first-order valence-corrected chi connectivity index (χ1v) is 12.3. The molecule has 2 heteroatoms. The van der Waals surface area contributed by atoms with E-state index in [4.69, 9.17) is 0 Å². The van der Waals surface area contributed by atoms with Crippen molar-refractivity contribution in [3.8, 4) is 0 Å². The summed E-state index contributed by atoms with van der Waals surface area (Å²) in [5, 5.41) is 9.31. The zero-order valence-electron chi connectivity index (χ0n) is 19.2. The fourth-order valence-electron chi connectivity index (χ4n) is 7.91.